The molecule has 0 N–H and O–H groups in total. The zero-order chi connectivity index (χ0) is 17.5. The maximum absolute atomic E-state index is 2.49. The molecule has 0 aromatic heterocycles. The van der Waals surface area contributed by atoms with E-state index in [1.807, 2.05) is 0 Å². The van der Waals surface area contributed by atoms with Crippen LogP contribution in [0.3, 0.4) is 0 Å². The van der Waals surface area contributed by atoms with Crippen LogP contribution in [-0.2, 0) is 5.41 Å². The van der Waals surface area contributed by atoms with Crippen LogP contribution in [0.5, 0.6) is 0 Å². The van der Waals surface area contributed by atoms with Gasteiger partial charge in [0.05, 0.1) is 0 Å². The summed E-state index contributed by atoms with van der Waals surface area (Å²) in [5.41, 5.74) is 9.77. The Balaban J connectivity index is 2.08. The molecule has 0 aliphatic heterocycles. The fourth-order valence-corrected chi connectivity index (χ4v) is 6.20. The van der Waals surface area contributed by atoms with E-state index in [-0.39, 0.29) is 5.41 Å². The van der Waals surface area contributed by atoms with E-state index >= 15 is 0 Å². The summed E-state index contributed by atoms with van der Waals surface area (Å²) in [4.78, 5) is 0. The Hall–Kier alpha value is -1.60. The highest BCUT2D eigenvalue weighted by atomic mass is 28.3. The van der Waals surface area contributed by atoms with E-state index in [2.05, 4.69) is 89.3 Å². The maximum Gasteiger partial charge on any atom is 0.0439 e. The molecular weight excluding hydrogens is 304 g/mol. The summed E-state index contributed by atoms with van der Waals surface area (Å²) >= 11 is 0. The van der Waals surface area contributed by atoms with Crippen LogP contribution in [0.15, 0.2) is 48.0 Å². The zero-order valence-corrected chi connectivity index (χ0v) is 17.1. The number of hydrogen-bond acceptors (Lipinski definition) is 0. The topological polar surface area (TPSA) is 0 Å². The Kier molecular flexibility index (Phi) is 4.57. The zero-order valence-electron chi connectivity index (χ0n) is 16.0. The van der Waals surface area contributed by atoms with Crippen molar-refractivity contribution in [3.63, 3.8) is 0 Å². The van der Waals surface area contributed by atoms with Gasteiger partial charge in [0.25, 0.3) is 0 Å². The van der Waals surface area contributed by atoms with E-state index in [9.17, 15) is 0 Å². The van der Waals surface area contributed by atoms with Crippen molar-refractivity contribution in [1.29, 1.82) is 0 Å². The first-order chi connectivity index (χ1) is 11.3. The van der Waals surface area contributed by atoms with Crippen LogP contribution in [0.1, 0.15) is 56.3 Å². The summed E-state index contributed by atoms with van der Waals surface area (Å²) in [5, 5.41) is 0. The molecule has 0 amide bonds. The van der Waals surface area contributed by atoms with E-state index in [1.165, 1.54) is 28.7 Å². The van der Waals surface area contributed by atoms with Crippen LogP contribution in [-0.4, -0.2) is 8.80 Å². The first-order valence-corrected chi connectivity index (χ1v) is 12.2. The molecule has 0 heterocycles. The molecule has 0 nitrogen and oxygen atoms in total. The van der Waals surface area contributed by atoms with Gasteiger partial charge in [-0.1, -0.05) is 94.9 Å². The van der Waals surface area contributed by atoms with Gasteiger partial charge in [0.2, 0.25) is 0 Å². The number of rotatable bonds is 3. The van der Waals surface area contributed by atoms with E-state index < -0.39 is 8.80 Å². The van der Waals surface area contributed by atoms with Gasteiger partial charge in [-0.25, -0.2) is 0 Å². The van der Waals surface area contributed by atoms with Crippen LogP contribution in [0, 0.1) is 0 Å². The van der Waals surface area contributed by atoms with Gasteiger partial charge in [-0.2, -0.15) is 0 Å². The van der Waals surface area contributed by atoms with Gasteiger partial charge in [0, 0.05) is 8.80 Å². The van der Waals surface area contributed by atoms with Gasteiger partial charge in [-0.05, 0) is 45.2 Å². The van der Waals surface area contributed by atoms with Gasteiger partial charge in [-0.15, -0.1) is 0 Å². The van der Waals surface area contributed by atoms with Crippen LogP contribution < -0.4 is 0 Å². The quantitative estimate of drug-likeness (QED) is 0.557. The number of fused-ring (bicyclic) bond motifs is 1. The molecular formula is C23H30Si. The minimum Gasteiger partial charge on any atom is -0.0714 e. The molecule has 1 aliphatic rings. The van der Waals surface area contributed by atoms with Crippen molar-refractivity contribution in [2.45, 2.75) is 58.2 Å². The molecule has 1 heteroatoms. The fraction of sp³-hybridized carbons (Fsp3) is 0.391. The average Bonchev–Trinajstić information content (AvgIpc) is 2.92. The third-order valence-electron chi connectivity index (χ3n) is 5.34. The predicted octanol–water partition coefficient (Wildman–Crippen LogP) is 6.57. The van der Waals surface area contributed by atoms with Gasteiger partial charge in [-0.3, -0.25) is 0 Å². The molecule has 2 aromatic rings. The number of allylic oxidation sites excluding steroid dienone is 1. The summed E-state index contributed by atoms with van der Waals surface area (Å²) < 4.78 is 0. The third-order valence-corrected chi connectivity index (χ3v) is 7.46. The molecule has 2 aromatic carbocycles. The first kappa shape index (κ1) is 17.2. The Bertz CT molecular complexity index is 758. The van der Waals surface area contributed by atoms with Crippen LogP contribution in [0.25, 0.3) is 17.2 Å². The lowest BCUT2D eigenvalue weighted by atomic mass is 9.86. The largest absolute Gasteiger partial charge is 0.0714 e. The summed E-state index contributed by atoms with van der Waals surface area (Å²) in [5.74, 6) is 0. The summed E-state index contributed by atoms with van der Waals surface area (Å²) in [7, 11) is -0.749. The van der Waals surface area contributed by atoms with Gasteiger partial charge < -0.3 is 0 Å². The van der Waals surface area contributed by atoms with E-state index in [1.54, 1.807) is 11.1 Å². The molecule has 0 saturated carbocycles. The summed E-state index contributed by atoms with van der Waals surface area (Å²) in [6.45, 7) is 14.1. The van der Waals surface area contributed by atoms with Crippen molar-refractivity contribution in [1.82, 2.24) is 0 Å². The molecule has 1 unspecified atom stereocenters. The normalized spacial score (nSPS) is 17.1. The van der Waals surface area contributed by atoms with Crippen molar-refractivity contribution in [2.75, 3.05) is 0 Å². The van der Waals surface area contributed by atoms with E-state index in [4.69, 9.17) is 0 Å². The summed E-state index contributed by atoms with van der Waals surface area (Å²) in [6, 6.07) is 16.1. The van der Waals surface area contributed by atoms with E-state index in [0.29, 0.717) is 0 Å². The van der Waals surface area contributed by atoms with Gasteiger partial charge in [0.1, 0.15) is 0 Å². The smallest absolute Gasteiger partial charge is 0.0439 e. The van der Waals surface area contributed by atoms with E-state index in [0.717, 1.165) is 5.54 Å². The summed E-state index contributed by atoms with van der Waals surface area (Å²) in [6.07, 6.45) is 3.66. The van der Waals surface area contributed by atoms with Crippen LogP contribution in [0.4, 0.5) is 0 Å². The molecule has 0 radical (unpaired) electrons. The standard InChI is InChI=1S/C23H30Si/c1-7-16-15-21-19(9-8-10-20(21)22(16)24(5)6)17-11-13-18(14-12-17)23(2,3)4/h8-15,22,24H,7H2,1-6H3. The maximum atomic E-state index is 2.49. The molecule has 24 heavy (non-hydrogen) atoms. The molecule has 0 spiro atoms. The molecule has 0 saturated heterocycles. The molecule has 126 valence electrons. The van der Waals surface area contributed by atoms with Crippen molar-refractivity contribution < 1.29 is 0 Å². The van der Waals surface area contributed by atoms with Gasteiger partial charge in [0.15, 0.2) is 0 Å². The lowest BCUT2D eigenvalue weighted by Gasteiger charge is -2.20. The highest BCUT2D eigenvalue weighted by Gasteiger charge is 2.28. The predicted molar refractivity (Wildman–Crippen MR) is 110 cm³/mol. The lowest BCUT2D eigenvalue weighted by Crippen LogP contribution is -2.16. The molecule has 0 fully saturated rings. The highest BCUT2D eigenvalue weighted by molar-refractivity contribution is 6.58. The Morgan fingerprint density at radius 1 is 0.958 bits per heavy atom. The van der Waals surface area contributed by atoms with Crippen molar-refractivity contribution >= 4 is 14.9 Å². The second kappa shape index (κ2) is 6.37. The van der Waals surface area contributed by atoms with Crippen molar-refractivity contribution in [3.05, 3.63) is 64.7 Å². The molecule has 3 rings (SSSR count). The first-order valence-electron chi connectivity index (χ1n) is 9.27. The minimum absolute atomic E-state index is 0.209. The van der Waals surface area contributed by atoms with Crippen molar-refractivity contribution in [3.8, 4) is 11.1 Å². The minimum atomic E-state index is -0.749. The average molecular weight is 335 g/mol. The lowest BCUT2D eigenvalue weighted by molar-refractivity contribution is 0.590. The molecule has 1 atom stereocenters. The van der Waals surface area contributed by atoms with Crippen LogP contribution in [0.2, 0.25) is 13.1 Å². The van der Waals surface area contributed by atoms with Crippen LogP contribution >= 0.6 is 0 Å². The second-order valence-corrected chi connectivity index (χ2v) is 11.6. The second-order valence-electron chi connectivity index (χ2n) is 8.43. The highest BCUT2D eigenvalue weighted by Crippen LogP contribution is 2.43. The Labute approximate surface area is 149 Å². The Morgan fingerprint density at radius 3 is 2.17 bits per heavy atom. The van der Waals surface area contributed by atoms with Gasteiger partial charge >= 0.3 is 0 Å². The SMILES string of the molecule is CCC1=Cc2c(-c3ccc(C(C)(C)C)cc3)cccc2C1[SiH](C)C. The number of benzene rings is 2. The third kappa shape index (κ3) is 3.02. The van der Waals surface area contributed by atoms with Crippen molar-refractivity contribution in [2.24, 2.45) is 0 Å². The number of hydrogen-bond donors (Lipinski definition) is 0. The molecule has 0 bridgehead atoms. The molecule has 1 aliphatic carbocycles. The fourth-order valence-electron chi connectivity index (χ4n) is 4.00. The monoisotopic (exact) mass is 334 g/mol. The Morgan fingerprint density at radius 2 is 1.62 bits per heavy atom.